The Morgan fingerprint density at radius 2 is 1.97 bits per heavy atom. The fourth-order valence-electron chi connectivity index (χ4n) is 3.43. The molecule has 0 aromatic heterocycles. The van der Waals surface area contributed by atoms with Gasteiger partial charge in [-0.25, -0.2) is 0 Å². The summed E-state index contributed by atoms with van der Waals surface area (Å²) >= 11 is 0. The Hall–Kier alpha value is -3.22. The maximum Gasteiger partial charge on any atom is 0.220 e. The predicted octanol–water partition coefficient (Wildman–Crippen LogP) is 2.69. The van der Waals surface area contributed by atoms with E-state index < -0.39 is 0 Å². The van der Waals surface area contributed by atoms with Gasteiger partial charge in [-0.15, -0.1) is 0 Å². The zero-order valence-corrected chi connectivity index (χ0v) is 17.7. The summed E-state index contributed by atoms with van der Waals surface area (Å²) in [5.41, 5.74) is 2.87. The van der Waals surface area contributed by atoms with E-state index >= 15 is 0 Å². The average Bonchev–Trinajstić information content (AvgIpc) is 2.98. The minimum absolute atomic E-state index is 0.0317. The number of rotatable bonds is 7. The Labute approximate surface area is 176 Å². The molecule has 1 aliphatic rings. The van der Waals surface area contributed by atoms with Crippen LogP contribution in [0.2, 0.25) is 0 Å². The molecule has 30 heavy (non-hydrogen) atoms. The molecule has 1 heterocycles. The van der Waals surface area contributed by atoms with Crippen LogP contribution in [0.3, 0.4) is 0 Å². The van der Waals surface area contributed by atoms with E-state index in [0.717, 1.165) is 22.4 Å². The molecule has 2 aromatic carbocycles. The molecule has 7 heteroatoms. The number of ether oxygens (including phenoxy) is 3. The second-order valence-electron chi connectivity index (χ2n) is 7.19. The minimum atomic E-state index is -0.0450. The summed E-state index contributed by atoms with van der Waals surface area (Å²) in [6.07, 6.45) is 0.969. The van der Waals surface area contributed by atoms with Crippen LogP contribution in [0.15, 0.2) is 36.4 Å². The number of aryl methyl sites for hydroxylation is 1. The van der Waals surface area contributed by atoms with E-state index in [1.54, 1.807) is 26.0 Å². The van der Waals surface area contributed by atoms with Crippen molar-refractivity contribution in [2.75, 3.05) is 27.4 Å². The first-order valence-corrected chi connectivity index (χ1v) is 9.98. The summed E-state index contributed by atoms with van der Waals surface area (Å²) in [5.74, 6) is 2.21. The molecule has 2 amide bonds. The number of hydrogen-bond donors (Lipinski definition) is 1. The average molecular weight is 412 g/mol. The van der Waals surface area contributed by atoms with E-state index in [1.165, 1.54) is 0 Å². The third kappa shape index (κ3) is 5.43. The smallest absolute Gasteiger partial charge is 0.220 e. The van der Waals surface area contributed by atoms with Crippen LogP contribution in [0.4, 0.5) is 0 Å². The fourth-order valence-corrected chi connectivity index (χ4v) is 3.43. The Morgan fingerprint density at radius 3 is 2.70 bits per heavy atom. The van der Waals surface area contributed by atoms with Gasteiger partial charge in [0.25, 0.3) is 0 Å². The Bertz CT molecular complexity index is 912. The van der Waals surface area contributed by atoms with Crippen molar-refractivity contribution in [3.05, 3.63) is 53.1 Å². The Morgan fingerprint density at radius 1 is 1.13 bits per heavy atom. The summed E-state index contributed by atoms with van der Waals surface area (Å²) in [7, 11) is 3.20. The largest absolute Gasteiger partial charge is 0.497 e. The number of hydrogen-bond acceptors (Lipinski definition) is 5. The van der Waals surface area contributed by atoms with E-state index in [0.29, 0.717) is 50.6 Å². The van der Waals surface area contributed by atoms with Gasteiger partial charge in [-0.3, -0.25) is 9.59 Å². The van der Waals surface area contributed by atoms with Gasteiger partial charge >= 0.3 is 0 Å². The maximum atomic E-state index is 12.4. The van der Waals surface area contributed by atoms with Crippen LogP contribution >= 0.6 is 0 Å². The lowest BCUT2D eigenvalue weighted by molar-refractivity contribution is -0.129. The molecule has 7 nitrogen and oxygen atoms in total. The van der Waals surface area contributed by atoms with Gasteiger partial charge in [-0.2, -0.15) is 0 Å². The molecule has 2 aromatic rings. The van der Waals surface area contributed by atoms with Crippen LogP contribution in [0.25, 0.3) is 0 Å². The van der Waals surface area contributed by atoms with E-state index in [9.17, 15) is 9.59 Å². The summed E-state index contributed by atoms with van der Waals surface area (Å²) in [6, 6.07) is 11.4. The lowest BCUT2D eigenvalue weighted by Crippen LogP contribution is -2.30. The first kappa shape index (κ1) is 21.5. The number of benzene rings is 2. The first-order chi connectivity index (χ1) is 14.5. The molecule has 0 aliphatic carbocycles. The zero-order chi connectivity index (χ0) is 21.5. The Kier molecular flexibility index (Phi) is 7.17. The van der Waals surface area contributed by atoms with Crippen molar-refractivity contribution in [3.63, 3.8) is 0 Å². The van der Waals surface area contributed by atoms with Gasteiger partial charge < -0.3 is 24.4 Å². The van der Waals surface area contributed by atoms with Crippen molar-refractivity contribution in [1.29, 1.82) is 0 Å². The van der Waals surface area contributed by atoms with Crippen LogP contribution < -0.4 is 19.5 Å². The van der Waals surface area contributed by atoms with Crippen molar-refractivity contribution in [2.45, 2.75) is 32.9 Å². The van der Waals surface area contributed by atoms with Crippen molar-refractivity contribution in [3.8, 4) is 17.2 Å². The number of nitrogens with one attached hydrogen (secondary N) is 1. The van der Waals surface area contributed by atoms with E-state index in [1.807, 2.05) is 36.4 Å². The lowest BCUT2D eigenvalue weighted by atomic mass is 10.0. The zero-order valence-electron chi connectivity index (χ0n) is 17.7. The van der Waals surface area contributed by atoms with Crippen LogP contribution in [0.1, 0.15) is 30.0 Å². The third-order valence-electron chi connectivity index (χ3n) is 5.15. The van der Waals surface area contributed by atoms with Gasteiger partial charge in [0.1, 0.15) is 23.9 Å². The number of amides is 2. The van der Waals surface area contributed by atoms with Gasteiger partial charge in [0.2, 0.25) is 11.8 Å². The fraction of sp³-hybridized carbons (Fsp3) is 0.391. The molecule has 0 radical (unpaired) electrons. The third-order valence-corrected chi connectivity index (χ3v) is 5.15. The normalized spacial score (nSPS) is 13.0. The van der Waals surface area contributed by atoms with E-state index in [2.05, 4.69) is 5.32 Å². The molecule has 160 valence electrons. The van der Waals surface area contributed by atoms with Crippen molar-refractivity contribution in [2.24, 2.45) is 0 Å². The molecule has 0 saturated heterocycles. The summed E-state index contributed by atoms with van der Waals surface area (Å²) in [6.45, 7) is 3.53. The molecule has 3 rings (SSSR count). The molecule has 1 N–H and O–H groups in total. The van der Waals surface area contributed by atoms with Crippen LogP contribution in [0.5, 0.6) is 17.2 Å². The molecular weight excluding hydrogens is 384 g/mol. The molecule has 0 atom stereocenters. The van der Waals surface area contributed by atoms with E-state index in [4.69, 9.17) is 14.2 Å². The van der Waals surface area contributed by atoms with Crippen molar-refractivity contribution >= 4 is 11.8 Å². The number of fused-ring (bicyclic) bond motifs is 1. The summed E-state index contributed by atoms with van der Waals surface area (Å²) < 4.78 is 16.3. The van der Waals surface area contributed by atoms with Gasteiger partial charge in [-0.1, -0.05) is 12.1 Å². The second-order valence-corrected chi connectivity index (χ2v) is 7.19. The van der Waals surface area contributed by atoms with Crippen LogP contribution in [-0.4, -0.2) is 44.1 Å². The SMILES string of the molecule is COc1ccc(OC)c(CNC(=O)CCc2ccc3c(c2)CN(C(C)=O)CCO3)c1. The highest BCUT2D eigenvalue weighted by atomic mass is 16.5. The topological polar surface area (TPSA) is 77.1 Å². The van der Waals surface area contributed by atoms with Gasteiger partial charge in [-0.05, 0) is 36.2 Å². The molecule has 1 aliphatic heterocycles. The van der Waals surface area contributed by atoms with Gasteiger partial charge in [0, 0.05) is 37.6 Å². The Balaban J connectivity index is 1.57. The number of nitrogens with zero attached hydrogens (tertiary/aromatic N) is 1. The lowest BCUT2D eigenvalue weighted by Gasteiger charge is -2.17. The highest BCUT2D eigenvalue weighted by Crippen LogP contribution is 2.26. The highest BCUT2D eigenvalue weighted by Gasteiger charge is 2.17. The van der Waals surface area contributed by atoms with Crippen molar-refractivity contribution < 1.29 is 23.8 Å². The van der Waals surface area contributed by atoms with E-state index in [-0.39, 0.29) is 11.8 Å². The molecule has 0 unspecified atom stereocenters. The predicted molar refractivity (Wildman–Crippen MR) is 113 cm³/mol. The quantitative estimate of drug-likeness (QED) is 0.757. The standard InChI is InChI=1S/C23H28N2O5/c1-16(26)25-10-11-30-22-7-4-17(12-19(22)15-25)5-9-23(27)24-14-18-13-20(28-2)6-8-21(18)29-3/h4,6-8,12-13H,5,9-11,14-15H2,1-3H3,(H,24,27). The molecular formula is C23H28N2O5. The second kappa shape index (κ2) is 10.0. The van der Waals surface area contributed by atoms with Crippen molar-refractivity contribution in [1.82, 2.24) is 10.2 Å². The van der Waals surface area contributed by atoms with Crippen LogP contribution in [0, 0.1) is 0 Å². The molecule has 0 saturated carbocycles. The van der Waals surface area contributed by atoms with Crippen LogP contribution in [-0.2, 0) is 29.1 Å². The number of carbonyl (C=O) groups is 2. The van der Waals surface area contributed by atoms with Gasteiger partial charge in [0.05, 0.1) is 20.8 Å². The van der Waals surface area contributed by atoms with Gasteiger partial charge in [0.15, 0.2) is 0 Å². The highest BCUT2D eigenvalue weighted by molar-refractivity contribution is 5.76. The molecule has 0 bridgehead atoms. The summed E-state index contributed by atoms with van der Waals surface area (Å²) in [5, 5.41) is 2.94. The maximum absolute atomic E-state index is 12.4. The molecule has 0 spiro atoms. The molecule has 0 fully saturated rings. The minimum Gasteiger partial charge on any atom is -0.497 e. The number of methoxy groups -OCH3 is 2. The summed E-state index contributed by atoms with van der Waals surface area (Å²) in [4.78, 5) is 25.9. The monoisotopic (exact) mass is 412 g/mol. The number of carbonyl (C=O) groups excluding carboxylic acids is 2. The first-order valence-electron chi connectivity index (χ1n) is 9.98.